The molecule has 0 radical (unpaired) electrons. The molecule has 9 heteroatoms. The fourth-order valence-electron chi connectivity index (χ4n) is 1.92. The Morgan fingerprint density at radius 2 is 2.04 bits per heavy atom. The molecule has 0 bridgehead atoms. The van der Waals surface area contributed by atoms with Crippen molar-refractivity contribution in [1.29, 1.82) is 0 Å². The number of thiazole rings is 1. The molecule has 1 aromatic carbocycles. The molecule has 0 aliphatic carbocycles. The van der Waals surface area contributed by atoms with Crippen LogP contribution in [-0.4, -0.2) is 20.9 Å². The normalized spacial score (nSPS) is 10.5. The van der Waals surface area contributed by atoms with Gasteiger partial charge in [-0.1, -0.05) is 35.1 Å². The summed E-state index contributed by atoms with van der Waals surface area (Å²) < 4.78 is 0. The predicted molar refractivity (Wildman–Crippen MR) is 96.6 cm³/mol. The van der Waals surface area contributed by atoms with Crippen molar-refractivity contribution in [3.63, 3.8) is 0 Å². The first-order valence-corrected chi connectivity index (χ1v) is 8.38. The molecule has 0 saturated heterocycles. The van der Waals surface area contributed by atoms with Gasteiger partial charge in [-0.25, -0.2) is 15.0 Å². The molecule has 6 nitrogen and oxygen atoms in total. The summed E-state index contributed by atoms with van der Waals surface area (Å²) in [6, 6.07) is 7.08. The molecule has 0 aliphatic rings. The van der Waals surface area contributed by atoms with E-state index in [1.54, 1.807) is 12.1 Å². The summed E-state index contributed by atoms with van der Waals surface area (Å²) in [7, 11) is 0. The van der Waals surface area contributed by atoms with Crippen LogP contribution in [0.3, 0.4) is 0 Å². The van der Waals surface area contributed by atoms with E-state index in [-0.39, 0.29) is 11.2 Å². The van der Waals surface area contributed by atoms with Gasteiger partial charge in [0, 0.05) is 6.20 Å². The van der Waals surface area contributed by atoms with Crippen molar-refractivity contribution in [2.75, 3.05) is 10.6 Å². The van der Waals surface area contributed by atoms with E-state index in [1.165, 1.54) is 23.7 Å². The molecule has 1 amide bonds. The summed E-state index contributed by atoms with van der Waals surface area (Å²) in [6.07, 6.45) is 3.01. The Hall–Kier alpha value is -2.22. The van der Waals surface area contributed by atoms with Crippen molar-refractivity contribution in [3.8, 4) is 0 Å². The lowest BCUT2D eigenvalue weighted by Crippen LogP contribution is -2.11. The Balaban J connectivity index is 1.74. The quantitative estimate of drug-likeness (QED) is 0.650. The monoisotopic (exact) mass is 379 g/mol. The van der Waals surface area contributed by atoms with Gasteiger partial charge in [0.2, 0.25) is 5.28 Å². The maximum atomic E-state index is 12.4. The van der Waals surface area contributed by atoms with Crippen LogP contribution in [0.2, 0.25) is 10.3 Å². The molecule has 2 heterocycles. The van der Waals surface area contributed by atoms with Gasteiger partial charge in [0.05, 0.1) is 16.9 Å². The number of carbonyl (C=O) groups excluding carboxylic acids is 1. The third-order valence-electron chi connectivity index (χ3n) is 3.05. The highest BCUT2D eigenvalue weighted by Crippen LogP contribution is 2.27. The van der Waals surface area contributed by atoms with Crippen LogP contribution < -0.4 is 10.6 Å². The maximum absolute atomic E-state index is 12.4. The van der Waals surface area contributed by atoms with E-state index in [0.29, 0.717) is 26.5 Å². The smallest absolute Gasteiger partial charge is 0.267 e. The minimum absolute atomic E-state index is 0.128. The molecule has 2 N–H and O–H groups in total. The fourth-order valence-corrected chi connectivity index (χ4v) is 3.05. The van der Waals surface area contributed by atoms with E-state index in [4.69, 9.17) is 23.2 Å². The van der Waals surface area contributed by atoms with Crippen molar-refractivity contribution in [2.24, 2.45) is 0 Å². The van der Waals surface area contributed by atoms with Crippen LogP contribution in [0.1, 0.15) is 15.2 Å². The first-order valence-electron chi connectivity index (χ1n) is 6.81. The molecule has 0 fully saturated rings. The summed E-state index contributed by atoms with van der Waals surface area (Å²) in [5.41, 5.74) is 1.48. The highest BCUT2D eigenvalue weighted by atomic mass is 35.5. The Labute approximate surface area is 151 Å². The van der Waals surface area contributed by atoms with Gasteiger partial charge in [0.15, 0.2) is 5.13 Å². The van der Waals surface area contributed by atoms with Crippen LogP contribution in [-0.2, 0) is 0 Å². The average Bonchev–Trinajstić information content (AvgIpc) is 2.99. The number of carbonyl (C=O) groups is 1. The summed E-state index contributed by atoms with van der Waals surface area (Å²) in [5.74, 6) is 0.218. The minimum Gasteiger partial charge on any atom is -0.320 e. The molecule has 24 heavy (non-hydrogen) atoms. The second-order valence-electron chi connectivity index (χ2n) is 4.75. The van der Waals surface area contributed by atoms with Gasteiger partial charge in [-0.15, -0.1) is 0 Å². The topological polar surface area (TPSA) is 79.8 Å². The van der Waals surface area contributed by atoms with E-state index >= 15 is 0 Å². The lowest BCUT2D eigenvalue weighted by atomic mass is 10.2. The van der Waals surface area contributed by atoms with Crippen molar-refractivity contribution in [2.45, 2.75) is 6.92 Å². The number of aryl methyl sites for hydroxylation is 1. The van der Waals surface area contributed by atoms with Crippen LogP contribution >= 0.6 is 34.5 Å². The first-order chi connectivity index (χ1) is 11.5. The number of amides is 1. The molecular formula is C15H11Cl2N5OS. The zero-order valence-corrected chi connectivity index (χ0v) is 14.7. The SMILES string of the molecule is Cc1cccc(Cl)c1NC(=O)c1cnc(Nc2ccnc(Cl)n2)s1. The first kappa shape index (κ1) is 16.6. The third kappa shape index (κ3) is 3.81. The highest BCUT2D eigenvalue weighted by Gasteiger charge is 2.14. The number of benzene rings is 1. The van der Waals surface area contributed by atoms with Crippen LogP contribution in [0.4, 0.5) is 16.6 Å². The van der Waals surface area contributed by atoms with Crippen LogP contribution in [0.5, 0.6) is 0 Å². The minimum atomic E-state index is -0.280. The van der Waals surface area contributed by atoms with Gasteiger partial charge in [-0.05, 0) is 36.2 Å². The van der Waals surface area contributed by atoms with Gasteiger partial charge < -0.3 is 10.6 Å². The molecule has 0 spiro atoms. The molecule has 0 saturated carbocycles. The van der Waals surface area contributed by atoms with Gasteiger partial charge in [-0.2, -0.15) is 0 Å². The molecule has 0 atom stereocenters. The molecule has 122 valence electrons. The van der Waals surface area contributed by atoms with Gasteiger partial charge in [0.1, 0.15) is 10.7 Å². The number of halogens is 2. The second-order valence-corrected chi connectivity index (χ2v) is 6.53. The predicted octanol–water partition coefficient (Wildman–Crippen LogP) is 4.54. The number of nitrogens with one attached hydrogen (secondary N) is 2. The van der Waals surface area contributed by atoms with E-state index in [1.807, 2.05) is 19.1 Å². The van der Waals surface area contributed by atoms with E-state index < -0.39 is 0 Å². The highest BCUT2D eigenvalue weighted by molar-refractivity contribution is 7.17. The van der Waals surface area contributed by atoms with Gasteiger partial charge >= 0.3 is 0 Å². The molecular weight excluding hydrogens is 369 g/mol. The molecule has 3 rings (SSSR count). The number of aromatic nitrogens is 3. The Morgan fingerprint density at radius 1 is 1.21 bits per heavy atom. The number of nitrogens with zero attached hydrogens (tertiary/aromatic N) is 3. The lowest BCUT2D eigenvalue weighted by Gasteiger charge is -2.08. The van der Waals surface area contributed by atoms with E-state index in [0.717, 1.165) is 5.56 Å². The number of anilines is 3. The van der Waals surface area contributed by atoms with Crippen molar-refractivity contribution < 1.29 is 4.79 Å². The zero-order valence-electron chi connectivity index (χ0n) is 12.4. The zero-order chi connectivity index (χ0) is 17.1. The molecule has 3 aromatic rings. The molecule has 2 aromatic heterocycles. The summed E-state index contributed by atoms with van der Waals surface area (Å²) >= 11 is 13.0. The number of rotatable bonds is 4. The van der Waals surface area contributed by atoms with E-state index in [2.05, 4.69) is 25.6 Å². The molecule has 0 unspecified atom stereocenters. The summed E-state index contributed by atoms with van der Waals surface area (Å²) in [5, 5.41) is 6.91. The summed E-state index contributed by atoms with van der Waals surface area (Å²) in [6.45, 7) is 1.87. The Bertz CT molecular complexity index is 879. The Kier molecular flexibility index (Phi) is 4.94. The largest absolute Gasteiger partial charge is 0.320 e. The van der Waals surface area contributed by atoms with Crippen LogP contribution in [0.25, 0.3) is 0 Å². The van der Waals surface area contributed by atoms with E-state index in [9.17, 15) is 4.79 Å². The van der Waals surface area contributed by atoms with Crippen LogP contribution in [0.15, 0.2) is 36.7 Å². The lowest BCUT2D eigenvalue weighted by molar-refractivity contribution is 0.103. The standard InChI is InChI=1S/C15H11Cl2N5OS/c1-8-3-2-4-9(16)12(8)22-13(23)10-7-19-15(24-10)21-11-5-6-18-14(17)20-11/h2-7H,1H3,(H,22,23)(H,18,19,20,21). The van der Waals surface area contributed by atoms with Crippen molar-refractivity contribution in [3.05, 3.63) is 57.4 Å². The van der Waals surface area contributed by atoms with Crippen molar-refractivity contribution >= 4 is 57.1 Å². The Morgan fingerprint density at radius 3 is 2.79 bits per heavy atom. The second kappa shape index (κ2) is 7.12. The van der Waals surface area contributed by atoms with Crippen LogP contribution in [0, 0.1) is 6.92 Å². The summed E-state index contributed by atoms with van der Waals surface area (Å²) in [4.78, 5) is 24.8. The number of hydrogen-bond acceptors (Lipinski definition) is 6. The van der Waals surface area contributed by atoms with Crippen molar-refractivity contribution in [1.82, 2.24) is 15.0 Å². The third-order valence-corrected chi connectivity index (χ3v) is 4.46. The average molecular weight is 380 g/mol. The van der Waals surface area contributed by atoms with Gasteiger partial charge in [-0.3, -0.25) is 4.79 Å². The van der Waals surface area contributed by atoms with Gasteiger partial charge in [0.25, 0.3) is 5.91 Å². The fraction of sp³-hybridized carbons (Fsp3) is 0.0667. The molecule has 0 aliphatic heterocycles. The number of para-hydroxylation sites is 1. The number of hydrogen-bond donors (Lipinski definition) is 2. The maximum Gasteiger partial charge on any atom is 0.267 e.